The molecule has 20 heavy (non-hydrogen) atoms. The molecular formula is C15H28O5. The Morgan fingerprint density at radius 3 is 2.00 bits per heavy atom. The normalized spacial score (nSPS) is 16.9. The van der Waals surface area contributed by atoms with Crippen molar-refractivity contribution in [2.75, 3.05) is 39.6 Å². The van der Waals surface area contributed by atoms with E-state index < -0.39 is 11.4 Å². The Kier molecular flexibility index (Phi) is 8.82. The summed E-state index contributed by atoms with van der Waals surface area (Å²) in [6, 6.07) is 0. The Morgan fingerprint density at radius 2 is 1.55 bits per heavy atom. The predicted octanol–water partition coefficient (Wildman–Crippen LogP) is 2.48. The zero-order valence-electron chi connectivity index (χ0n) is 12.6. The lowest BCUT2D eigenvalue weighted by atomic mass is 9.67. The lowest BCUT2D eigenvalue weighted by Gasteiger charge is -2.37. The van der Waals surface area contributed by atoms with Gasteiger partial charge in [0.1, 0.15) is 0 Å². The Hall–Kier alpha value is -0.650. The smallest absolute Gasteiger partial charge is 0.309 e. The summed E-state index contributed by atoms with van der Waals surface area (Å²) in [6.07, 6.45) is 5.45. The molecule has 1 aliphatic rings. The average molecular weight is 288 g/mol. The summed E-state index contributed by atoms with van der Waals surface area (Å²) >= 11 is 0. The average Bonchev–Trinajstić information content (AvgIpc) is 2.38. The van der Waals surface area contributed by atoms with Crippen molar-refractivity contribution in [3.05, 3.63) is 0 Å². The Labute approximate surface area is 121 Å². The van der Waals surface area contributed by atoms with Crippen molar-refractivity contribution in [3.63, 3.8) is 0 Å². The number of carboxylic acid groups (broad SMARTS) is 1. The van der Waals surface area contributed by atoms with Crippen molar-refractivity contribution in [2.24, 2.45) is 5.41 Å². The summed E-state index contributed by atoms with van der Waals surface area (Å²) in [5.74, 6) is -0.673. The molecule has 0 bridgehead atoms. The van der Waals surface area contributed by atoms with Crippen molar-refractivity contribution < 1.29 is 24.1 Å². The van der Waals surface area contributed by atoms with Gasteiger partial charge in [0.2, 0.25) is 0 Å². The van der Waals surface area contributed by atoms with Gasteiger partial charge >= 0.3 is 5.97 Å². The van der Waals surface area contributed by atoms with Crippen molar-refractivity contribution in [2.45, 2.75) is 45.4 Å². The summed E-state index contributed by atoms with van der Waals surface area (Å²) < 4.78 is 16.2. The van der Waals surface area contributed by atoms with Crippen LogP contribution in [0.1, 0.15) is 45.4 Å². The third kappa shape index (κ3) is 6.20. The molecule has 0 radical (unpaired) electrons. The van der Waals surface area contributed by atoms with E-state index in [-0.39, 0.29) is 0 Å². The lowest BCUT2D eigenvalue weighted by Crippen LogP contribution is -2.38. The second-order valence-electron chi connectivity index (χ2n) is 5.38. The monoisotopic (exact) mass is 288 g/mol. The number of aliphatic carboxylic acids is 1. The van der Waals surface area contributed by atoms with E-state index in [4.69, 9.17) is 19.3 Å². The van der Waals surface area contributed by atoms with E-state index in [0.29, 0.717) is 39.5 Å². The maximum atomic E-state index is 11.1. The van der Waals surface area contributed by atoms with Crippen LogP contribution in [-0.2, 0) is 19.0 Å². The maximum Gasteiger partial charge on any atom is 0.309 e. The molecular weight excluding hydrogens is 260 g/mol. The zero-order chi connectivity index (χ0) is 14.7. The van der Waals surface area contributed by atoms with E-state index >= 15 is 0 Å². The van der Waals surface area contributed by atoms with Crippen LogP contribution >= 0.6 is 0 Å². The molecule has 0 spiro atoms. The molecule has 1 saturated carbocycles. The van der Waals surface area contributed by atoms with E-state index in [9.17, 15) is 4.79 Å². The highest BCUT2D eigenvalue weighted by atomic mass is 16.5. The van der Waals surface area contributed by atoms with Gasteiger partial charge < -0.3 is 19.3 Å². The molecule has 1 fully saturated rings. The van der Waals surface area contributed by atoms with Crippen LogP contribution in [0.5, 0.6) is 0 Å². The zero-order valence-corrected chi connectivity index (χ0v) is 12.6. The standard InChI is InChI=1S/C15H28O5/c1-2-3-8-18-10-12-20-13-11-19-9-7-15(14(16)17)5-4-6-15/h2-13H2,1H3,(H,16,17). The fourth-order valence-corrected chi connectivity index (χ4v) is 2.23. The molecule has 0 heterocycles. The summed E-state index contributed by atoms with van der Waals surface area (Å²) in [5, 5.41) is 9.15. The van der Waals surface area contributed by atoms with Gasteiger partial charge in [-0.05, 0) is 25.7 Å². The number of ether oxygens (including phenoxy) is 3. The van der Waals surface area contributed by atoms with E-state index in [1.54, 1.807) is 0 Å². The molecule has 0 aromatic rings. The number of carboxylic acids is 1. The Bertz CT molecular complexity index is 263. The lowest BCUT2D eigenvalue weighted by molar-refractivity contribution is -0.156. The minimum absolute atomic E-state index is 0.503. The molecule has 1 N–H and O–H groups in total. The second-order valence-corrected chi connectivity index (χ2v) is 5.38. The molecule has 0 saturated heterocycles. The van der Waals surface area contributed by atoms with E-state index in [1.807, 2.05) is 0 Å². The van der Waals surface area contributed by atoms with E-state index in [0.717, 1.165) is 38.7 Å². The molecule has 0 aromatic carbocycles. The number of unbranched alkanes of at least 4 members (excludes halogenated alkanes) is 1. The van der Waals surface area contributed by atoms with Crippen LogP contribution in [0.25, 0.3) is 0 Å². The van der Waals surface area contributed by atoms with Crippen molar-refractivity contribution >= 4 is 5.97 Å². The van der Waals surface area contributed by atoms with Gasteiger partial charge in [-0.1, -0.05) is 19.8 Å². The Balaban J connectivity index is 1.84. The third-order valence-corrected chi connectivity index (χ3v) is 3.88. The van der Waals surface area contributed by atoms with Gasteiger partial charge in [0.05, 0.1) is 31.8 Å². The highest BCUT2D eigenvalue weighted by Gasteiger charge is 2.43. The van der Waals surface area contributed by atoms with Gasteiger partial charge in [-0.3, -0.25) is 4.79 Å². The molecule has 0 amide bonds. The predicted molar refractivity (Wildman–Crippen MR) is 75.9 cm³/mol. The fraction of sp³-hybridized carbons (Fsp3) is 0.933. The number of carbonyl (C=O) groups is 1. The van der Waals surface area contributed by atoms with Gasteiger partial charge in [0.25, 0.3) is 0 Å². The minimum Gasteiger partial charge on any atom is -0.481 e. The first-order chi connectivity index (χ1) is 9.71. The second kappa shape index (κ2) is 10.1. The molecule has 5 nitrogen and oxygen atoms in total. The molecule has 5 heteroatoms. The molecule has 1 aliphatic carbocycles. The molecule has 118 valence electrons. The van der Waals surface area contributed by atoms with Gasteiger partial charge in [-0.25, -0.2) is 0 Å². The van der Waals surface area contributed by atoms with Gasteiger partial charge in [-0.15, -0.1) is 0 Å². The van der Waals surface area contributed by atoms with E-state index in [2.05, 4.69) is 6.92 Å². The third-order valence-electron chi connectivity index (χ3n) is 3.88. The van der Waals surface area contributed by atoms with Crippen molar-refractivity contribution in [1.29, 1.82) is 0 Å². The summed E-state index contributed by atoms with van der Waals surface area (Å²) in [7, 11) is 0. The Morgan fingerprint density at radius 1 is 1.00 bits per heavy atom. The molecule has 0 aromatic heterocycles. The van der Waals surface area contributed by atoms with Crippen LogP contribution in [-0.4, -0.2) is 50.7 Å². The minimum atomic E-state index is -0.673. The van der Waals surface area contributed by atoms with Gasteiger partial charge in [0, 0.05) is 13.2 Å². The van der Waals surface area contributed by atoms with E-state index in [1.165, 1.54) is 0 Å². The molecule has 0 atom stereocenters. The number of rotatable bonds is 13. The highest BCUT2D eigenvalue weighted by molar-refractivity contribution is 5.75. The van der Waals surface area contributed by atoms with Crippen LogP contribution in [0.15, 0.2) is 0 Å². The van der Waals surface area contributed by atoms with Crippen LogP contribution < -0.4 is 0 Å². The van der Waals surface area contributed by atoms with Gasteiger partial charge in [0.15, 0.2) is 0 Å². The SMILES string of the molecule is CCCCOCCOCCOCCC1(C(=O)O)CCC1. The summed E-state index contributed by atoms with van der Waals surface area (Å²) in [4.78, 5) is 11.1. The first kappa shape index (κ1) is 17.4. The van der Waals surface area contributed by atoms with Crippen LogP contribution in [0, 0.1) is 5.41 Å². The largest absolute Gasteiger partial charge is 0.481 e. The highest BCUT2D eigenvalue weighted by Crippen LogP contribution is 2.44. The fourth-order valence-electron chi connectivity index (χ4n) is 2.23. The van der Waals surface area contributed by atoms with Gasteiger partial charge in [-0.2, -0.15) is 0 Å². The van der Waals surface area contributed by atoms with Crippen LogP contribution in [0.4, 0.5) is 0 Å². The van der Waals surface area contributed by atoms with Crippen molar-refractivity contribution in [1.82, 2.24) is 0 Å². The molecule has 0 aliphatic heterocycles. The summed E-state index contributed by atoms with van der Waals surface area (Å²) in [6.45, 7) is 5.71. The van der Waals surface area contributed by atoms with Crippen molar-refractivity contribution in [3.8, 4) is 0 Å². The first-order valence-electron chi connectivity index (χ1n) is 7.68. The number of hydrogen-bond acceptors (Lipinski definition) is 4. The first-order valence-corrected chi connectivity index (χ1v) is 7.68. The summed E-state index contributed by atoms with van der Waals surface area (Å²) in [5.41, 5.74) is -0.506. The van der Waals surface area contributed by atoms with Crippen LogP contribution in [0.3, 0.4) is 0 Å². The molecule has 1 rings (SSSR count). The maximum absolute atomic E-state index is 11.1. The quantitative estimate of drug-likeness (QED) is 0.527. The molecule has 0 unspecified atom stereocenters. The van der Waals surface area contributed by atoms with Crippen LogP contribution in [0.2, 0.25) is 0 Å². The topological polar surface area (TPSA) is 65.0 Å². The number of hydrogen-bond donors (Lipinski definition) is 1.